The molecule has 2 aromatic rings. The molecule has 8 nitrogen and oxygen atoms in total. The molecular formula is C17H21BO8S. The lowest BCUT2D eigenvalue weighted by Gasteiger charge is -2.11. The van der Waals surface area contributed by atoms with Crippen LogP contribution in [0.5, 0.6) is 11.5 Å². The van der Waals surface area contributed by atoms with E-state index in [1.165, 1.54) is 6.26 Å². The number of rotatable bonds is 7. The third-order valence-corrected chi connectivity index (χ3v) is 3.95. The molecule has 0 saturated carbocycles. The van der Waals surface area contributed by atoms with Gasteiger partial charge in [0.15, 0.2) is 11.1 Å². The van der Waals surface area contributed by atoms with Gasteiger partial charge in [0, 0.05) is 12.9 Å². The van der Waals surface area contributed by atoms with Crippen molar-refractivity contribution in [3.63, 3.8) is 0 Å². The molecule has 0 spiro atoms. The number of hydrogen-bond donors (Lipinski definition) is 3. The second-order valence-corrected chi connectivity index (χ2v) is 6.53. The number of benzene rings is 2. The standard InChI is InChI=1S/C16H17BO4.CH4O4S/c18-10-4-7-16-14-9-8-13(11-15(14)17(19)21-16)20-12-5-2-1-3-6-12;1-6(3)5-4-2/h1-3,5-6,8-9,11,16,18-19H,4,7,10H2;2H,1H3. The lowest BCUT2D eigenvalue weighted by Crippen LogP contribution is -2.27. The summed E-state index contributed by atoms with van der Waals surface area (Å²) in [6.07, 6.45) is 2.40. The van der Waals surface area contributed by atoms with E-state index < -0.39 is 18.2 Å². The van der Waals surface area contributed by atoms with Crippen molar-refractivity contribution in [3.05, 3.63) is 54.1 Å². The fraction of sp³-hybridized carbons (Fsp3) is 0.294. The van der Waals surface area contributed by atoms with Crippen LogP contribution in [0.3, 0.4) is 0 Å². The first-order valence-corrected chi connectivity index (χ1v) is 9.66. The van der Waals surface area contributed by atoms with E-state index in [0.717, 1.165) is 16.8 Å². The van der Waals surface area contributed by atoms with Gasteiger partial charge in [-0.05, 0) is 48.1 Å². The van der Waals surface area contributed by atoms with Crippen LogP contribution in [0.1, 0.15) is 24.5 Å². The Morgan fingerprint density at radius 2 is 1.93 bits per heavy atom. The molecule has 0 aromatic heterocycles. The van der Waals surface area contributed by atoms with Crippen molar-refractivity contribution in [1.82, 2.24) is 0 Å². The van der Waals surface area contributed by atoms with Crippen LogP contribution in [-0.2, 0) is 25.1 Å². The van der Waals surface area contributed by atoms with Gasteiger partial charge in [0.1, 0.15) is 11.5 Å². The second kappa shape index (κ2) is 11.1. The molecule has 146 valence electrons. The fourth-order valence-electron chi connectivity index (χ4n) is 2.59. The number of ether oxygens (including phenoxy) is 1. The van der Waals surface area contributed by atoms with Gasteiger partial charge >= 0.3 is 7.12 Å². The zero-order valence-electron chi connectivity index (χ0n) is 14.7. The number of aliphatic hydroxyl groups is 1. The fourth-order valence-corrected chi connectivity index (χ4v) is 2.68. The average Bonchev–Trinajstić information content (AvgIpc) is 2.97. The molecule has 2 aromatic carbocycles. The summed E-state index contributed by atoms with van der Waals surface area (Å²) in [7, 11) is -0.928. The van der Waals surface area contributed by atoms with E-state index in [9.17, 15) is 9.23 Å². The summed E-state index contributed by atoms with van der Waals surface area (Å²) in [6.45, 7) is 0.125. The minimum absolute atomic E-state index is 0.125. The minimum Gasteiger partial charge on any atom is -0.457 e. The summed E-state index contributed by atoms with van der Waals surface area (Å²) in [5.74, 6) is 1.42. The predicted octanol–water partition coefficient (Wildman–Crippen LogP) is 1.71. The summed E-state index contributed by atoms with van der Waals surface area (Å²) in [6, 6.07) is 15.1. The highest BCUT2D eigenvalue weighted by Gasteiger charge is 2.34. The molecule has 0 bridgehead atoms. The van der Waals surface area contributed by atoms with Crippen LogP contribution in [-0.4, -0.2) is 39.6 Å². The molecule has 0 radical (unpaired) electrons. The van der Waals surface area contributed by atoms with E-state index in [1.54, 1.807) is 0 Å². The van der Waals surface area contributed by atoms with Gasteiger partial charge in [-0.15, -0.1) is 4.33 Å². The molecule has 0 fully saturated rings. The maximum atomic E-state index is 10.0. The normalized spacial score (nSPS) is 16.3. The Bertz CT molecular complexity index is 730. The van der Waals surface area contributed by atoms with Crippen molar-refractivity contribution in [2.24, 2.45) is 0 Å². The molecule has 1 heterocycles. The molecule has 1 aliphatic rings. The van der Waals surface area contributed by atoms with Gasteiger partial charge in [-0.2, -0.15) is 0 Å². The quantitative estimate of drug-likeness (QED) is 0.368. The van der Waals surface area contributed by atoms with Gasteiger partial charge in [0.05, 0.1) is 6.10 Å². The Hall–Kier alpha value is -1.79. The molecule has 10 heteroatoms. The minimum atomic E-state index is -1.54. The van der Waals surface area contributed by atoms with E-state index in [1.807, 2.05) is 48.5 Å². The first-order chi connectivity index (χ1) is 13.0. The molecular weight excluding hydrogens is 375 g/mol. The van der Waals surface area contributed by atoms with Crippen molar-refractivity contribution < 1.29 is 38.4 Å². The SMILES string of the molecule is CS(=O)OOO.OCCCC1OB(O)c2cc(Oc3ccccc3)ccc21. The maximum absolute atomic E-state index is 10.0. The van der Waals surface area contributed by atoms with Crippen LogP contribution in [0.4, 0.5) is 0 Å². The molecule has 27 heavy (non-hydrogen) atoms. The van der Waals surface area contributed by atoms with Gasteiger partial charge in [-0.25, -0.2) is 9.47 Å². The Morgan fingerprint density at radius 1 is 1.19 bits per heavy atom. The van der Waals surface area contributed by atoms with Crippen molar-refractivity contribution in [2.75, 3.05) is 12.9 Å². The van der Waals surface area contributed by atoms with E-state index in [0.29, 0.717) is 18.6 Å². The van der Waals surface area contributed by atoms with Crippen molar-refractivity contribution >= 4 is 23.7 Å². The van der Waals surface area contributed by atoms with Crippen LogP contribution < -0.4 is 10.2 Å². The van der Waals surface area contributed by atoms with Crippen molar-refractivity contribution in [3.8, 4) is 11.5 Å². The number of para-hydroxylation sites is 1. The highest BCUT2D eigenvalue weighted by molar-refractivity contribution is 7.79. The molecule has 3 rings (SSSR count). The van der Waals surface area contributed by atoms with Gasteiger partial charge in [-0.1, -0.05) is 29.3 Å². The van der Waals surface area contributed by atoms with Crippen LogP contribution in [0.25, 0.3) is 0 Å². The van der Waals surface area contributed by atoms with Crippen LogP contribution in [0, 0.1) is 0 Å². The smallest absolute Gasteiger partial charge is 0.457 e. The number of aliphatic hydroxyl groups excluding tert-OH is 1. The Kier molecular flexibility index (Phi) is 8.88. The zero-order valence-corrected chi connectivity index (χ0v) is 15.5. The third-order valence-electron chi connectivity index (χ3n) is 3.69. The maximum Gasteiger partial charge on any atom is 0.492 e. The van der Waals surface area contributed by atoms with E-state index in [4.69, 9.17) is 19.8 Å². The average molecular weight is 396 g/mol. The molecule has 0 amide bonds. The van der Waals surface area contributed by atoms with Gasteiger partial charge in [0.2, 0.25) is 0 Å². The van der Waals surface area contributed by atoms with Gasteiger partial charge < -0.3 is 19.5 Å². The predicted molar refractivity (Wildman–Crippen MR) is 99.6 cm³/mol. The summed E-state index contributed by atoms with van der Waals surface area (Å²) in [5.41, 5.74) is 1.71. The van der Waals surface area contributed by atoms with Gasteiger partial charge in [0.25, 0.3) is 0 Å². The largest absolute Gasteiger partial charge is 0.492 e. The third kappa shape index (κ3) is 6.71. The monoisotopic (exact) mass is 396 g/mol. The molecule has 3 N–H and O–H groups in total. The van der Waals surface area contributed by atoms with Crippen LogP contribution in [0.15, 0.2) is 48.5 Å². The first kappa shape index (κ1) is 21.5. The van der Waals surface area contributed by atoms with E-state index in [-0.39, 0.29) is 12.7 Å². The molecule has 1 aliphatic heterocycles. The number of hydrogen-bond acceptors (Lipinski definition) is 8. The van der Waals surface area contributed by atoms with Crippen molar-refractivity contribution in [1.29, 1.82) is 0 Å². The second-order valence-electron chi connectivity index (χ2n) is 5.59. The first-order valence-electron chi connectivity index (χ1n) is 8.18. The molecule has 0 saturated heterocycles. The summed E-state index contributed by atoms with van der Waals surface area (Å²) in [5, 5.41) is 29.2. The lowest BCUT2D eigenvalue weighted by atomic mass is 9.79. The van der Waals surface area contributed by atoms with Crippen LogP contribution >= 0.6 is 0 Å². The molecule has 2 unspecified atom stereocenters. The highest BCUT2D eigenvalue weighted by atomic mass is 32.2. The summed E-state index contributed by atoms with van der Waals surface area (Å²) >= 11 is -1.54. The van der Waals surface area contributed by atoms with E-state index >= 15 is 0 Å². The van der Waals surface area contributed by atoms with Gasteiger partial charge in [-0.3, -0.25) is 0 Å². The van der Waals surface area contributed by atoms with Crippen LogP contribution in [0.2, 0.25) is 0 Å². The summed E-state index contributed by atoms with van der Waals surface area (Å²) < 4.78 is 24.5. The Labute approximate surface area is 159 Å². The molecule has 2 atom stereocenters. The zero-order chi connectivity index (χ0) is 19.6. The molecule has 0 aliphatic carbocycles. The highest BCUT2D eigenvalue weighted by Crippen LogP contribution is 2.30. The lowest BCUT2D eigenvalue weighted by molar-refractivity contribution is -0.434. The topological polar surface area (TPSA) is 115 Å². The summed E-state index contributed by atoms with van der Waals surface area (Å²) in [4.78, 5) is 0. The number of fused-ring (bicyclic) bond motifs is 1. The Balaban J connectivity index is 0.000000380. The van der Waals surface area contributed by atoms with Crippen molar-refractivity contribution in [2.45, 2.75) is 18.9 Å². The Morgan fingerprint density at radius 3 is 2.52 bits per heavy atom. The van der Waals surface area contributed by atoms with E-state index in [2.05, 4.69) is 9.37 Å².